The fraction of sp³-hybridized carbons (Fsp3) is 0.226. The zero-order chi connectivity index (χ0) is 27.6. The van der Waals surface area contributed by atoms with E-state index in [1.165, 1.54) is 28.9 Å². The van der Waals surface area contributed by atoms with E-state index in [0.29, 0.717) is 11.7 Å². The molecular formula is C31H28F2N6O. The second-order valence-corrected chi connectivity index (χ2v) is 10.2. The van der Waals surface area contributed by atoms with Gasteiger partial charge in [-0.3, -0.25) is 14.5 Å². The summed E-state index contributed by atoms with van der Waals surface area (Å²) >= 11 is 0. The fourth-order valence-corrected chi connectivity index (χ4v) is 5.10. The Bertz CT molecular complexity index is 1680. The van der Waals surface area contributed by atoms with Gasteiger partial charge in [0.15, 0.2) is 0 Å². The number of halogens is 2. The summed E-state index contributed by atoms with van der Waals surface area (Å²) in [7, 11) is 2.15. The molecule has 0 aliphatic carbocycles. The van der Waals surface area contributed by atoms with Crippen LogP contribution in [-0.4, -0.2) is 49.6 Å². The molecule has 0 unspecified atom stereocenters. The van der Waals surface area contributed by atoms with Gasteiger partial charge in [-0.1, -0.05) is 24.3 Å². The molecule has 40 heavy (non-hydrogen) atoms. The van der Waals surface area contributed by atoms with Crippen LogP contribution in [0.5, 0.6) is 0 Å². The summed E-state index contributed by atoms with van der Waals surface area (Å²) in [6.45, 7) is 2.36. The molecule has 0 spiro atoms. The maximum Gasteiger partial charge on any atom is 0.267 e. The van der Waals surface area contributed by atoms with Crippen LogP contribution in [0.4, 0.5) is 8.78 Å². The molecular weight excluding hydrogens is 510 g/mol. The minimum absolute atomic E-state index is 0.201. The average molecular weight is 539 g/mol. The molecule has 1 saturated heterocycles. The summed E-state index contributed by atoms with van der Waals surface area (Å²) in [5.41, 5.74) is 4.86. The van der Waals surface area contributed by atoms with Crippen molar-refractivity contribution >= 4 is 0 Å². The zero-order valence-corrected chi connectivity index (χ0v) is 22.0. The summed E-state index contributed by atoms with van der Waals surface area (Å²) in [6, 6.07) is 18.2. The molecule has 0 bridgehead atoms. The molecule has 3 aromatic heterocycles. The Morgan fingerprint density at radius 3 is 2.35 bits per heavy atom. The van der Waals surface area contributed by atoms with Gasteiger partial charge in [-0.15, -0.1) is 0 Å². The van der Waals surface area contributed by atoms with Crippen LogP contribution in [0.2, 0.25) is 0 Å². The van der Waals surface area contributed by atoms with E-state index in [1.807, 2.05) is 48.8 Å². The zero-order valence-electron chi connectivity index (χ0n) is 22.0. The lowest BCUT2D eigenvalue weighted by atomic mass is 10.1. The molecule has 0 amide bonds. The van der Waals surface area contributed by atoms with Crippen molar-refractivity contribution in [2.75, 3.05) is 20.1 Å². The van der Waals surface area contributed by atoms with Crippen LogP contribution >= 0.6 is 0 Å². The molecule has 0 radical (unpaired) electrons. The molecule has 1 aliphatic heterocycles. The predicted octanol–water partition coefficient (Wildman–Crippen LogP) is 5.43. The Hall–Kier alpha value is -4.50. The lowest BCUT2D eigenvalue weighted by Crippen LogP contribution is -2.31. The van der Waals surface area contributed by atoms with E-state index in [0.717, 1.165) is 59.9 Å². The first-order chi connectivity index (χ1) is 19.4. The van der Waals surface area contributed by atoms with E-state index < -0.39 is 11.6 Å². The molecule has 202 valence electrons. The minimum atomic E-state index is -0.702. The molecule has 9 heteroatoms. The standard InChI is InChI=1S/C31H28F2N6O/c1-37-11-9-28(10-12-37)38-20-25(18-35-38)23-5-6-29(34-17-23)22-4-2-3-21(13-22)19-39-31(40)8-7-30(36-39)24-14-26(32)16-27(33)15-24/h2-8,13-18,20,28H,9-12,19H2,1H3. The van der Waals surface area contributed by atoms with Crippen molar-refractivity contribution in [1.29, 1.82) is 0 Å². The summed E-state index contributed by atoms with van der Waals surface area (Å²) < 4.78 is 30.8. The Kier molecular flexibility index (Phi) is 7.04. The number of hydrogen-bond donors (Lipinski definition) is 0. The molecule has 5 aromatic rings. The Labute approximate surface area is 230 Å². The number of hydrogen-bond acceptors (Lipinski definition) is 5. The van der Waals surface area contributed by atoms with E-state index in [2.05, 4.69) is 33.0 Å². The van der Waals surface area contributed by atoms with Crippen LogP contribution in [0.3, 0.4) is 0 Å². The van der Waals surface area contributed by atoms with Gasteiger partial charge in [-0.05, 0) is 68.9 Å². The van der Waals surface area contributed by atoms with Crippen LogP contribution in [-0.2, 0) is 6.54 Å². The maximum atomic E-state index is 13.7. The normalized spacial score (nSPS) is 14.5. The first-order valence-corrected chi connectivity index (χ1v) is 13.2. The largest absolute Gasteiger partial charge is 0.306 e. The second kappa shape index (κ2) is 10.9. The van der Waals surface area contributed by atoms with Gasteiger partial charge in [0.25, 0.3) is 5.56 Å². The van der Waals surface area contributed by atoms with Crippen molar-refractivity contribution in [2.45, 2.75) is 25.4 Å². The van der Waals surface area contributed by atoms with Gasteiger partial charge in [-0.2, -0.15) is 10.2 Å². The number of benzene rings is 2. The monoisotopic (exact) mass is 538 g/mol. The van der Waals surface area contributed by atoms with E-state index in [1.54, 1.807) is 0 Å². The average Bonchev–Trinajstić information content (AvgIpc) is 3.45. The molecule has 0 atom stereocenters. The molecule has 0 N–H and O–H groups in total. The molecule has 1 aliphatic rings. The molecule has 6 rings (SSSR count). The Morgan fingerprint density at radius 1 is 0.825 bits per heavy atom. The van der Waals surface area contributed by atoms with Gasteiger partial charge >= 0.3 is 0 Å². The third-order valence-corrected chi connectivity index (χ3v) is 7.34. The first kappa shape index (κ1) is 25.8. The van der Waals surface area contributed by atoms with Crippen molar-refractivity contribution in [1.82, 2.24) is 29.4 Å². The highest BCUT2D eigenvalue weighted by Gasteiger charge is 2.19. The number of pyridine rings is 1. The maximum absolute atomic E-state index is 13.7. The van der Waals surface area contributed by atoms with Crippen LogP contribution in [0.25, 0.3) is 33.6 Å². The van der Waals surface area contributed by atoms with Crippen molar-refractivity contribution in [3.8, 4) is 33.6 Å². The summed E-state index contributed by atoms with van der Waals surface area (Å²) in [6.07, 6.45) is 8.05. The van der Waals surface area contributed by atoms with E-state index in [-0.39, 0.29) is 17.7 Å². The first-order valence-electron chi connectivity index (χ1n) is 13.2. The third kappa shape index (κ3) is 5.60. The smallest absolute Gasteiger partial charge is 0.267 e. The topological polar surface area (TPSA) is 68.8 Å². The third-order valence-electron chi connectivity index (χ3n) is 7.34. The highest BCUT2D eigenvalue weighted by molar-refractivity contribution is 5.66. The van der Waals surface area contributed by atoms with Crippen LogP contribution < -0.4 is 5.56 Å². The number of nitrogens with zero attached hydrogens (tertiary/aromatic N) is 6. The van der Waals surface area contributed by atoms with Crippen LogP contribution in [0.15, 0.2) is 90.1 Å². The van der Waals surface area contributed by atoms with Gasteiger partial charge in [-0.25, -0.2) is 13.5 Å². The highest BCUT2D eigenvalue weighted by atomic mass is 19.1. The molecule has 7 nitrogen and oxygen atoms in total. The number of piperidine rings is 1. The van der Waals surface area contributed by atoms with E-state index in [9.17, 15) is 13.6 Å². The Balaban J connectivity index is 1.19. The molecule has 1 fully saturated rings. The molecule has 2 aromatic carbocycles. The summed E-state index contributed by atoms with van der Waals surface area (Å²) in [4.78, 5) is 19.6. The van der Waals surface area contributed by atoms with Crippen molar-refractivity contribution < 1.29 is 8.78 Å². The van der Waals surface area contributed by atoms with Crippen molar-refractivity contribution in [2.24, 2.45) is 0 Å². The Morgan fingerprint density at radius 2 is 1.60 bits per heavy atom. The van der Waals surface area contributed by atoms with E-state index in [4.69, 9.17) is 4.98 Å². The number of likely N-dealkylation sites (tertiary alicyclic amines) is 1. The minimum Gasteiger partial charge on any atom is -0.306 e. The quantitative estimate of drug-likeness (QED) is 0.289. The number of aromatic nitrogens is 5. The second-order valence-electron chi connectivity index (χ2n) is 10.2. The fourth-order valence-electron chi connectivity index (χ4n) is 5.10. The van der Waals surface area contributed by atoms with Gasteiger partial charge in [0.2, 0.25) is 0 Å². The highest BCUT2D eigenvalue weighted by Crippen LogP contribution is 2.27. The number of rotatable bonds is 6. The predicted molar refractivity (Wildman–Crippen MR) is 150 cm³/mol. The summed E-state index contributed by atoms with van der Waals surface area (Å²) in [5, 5.41) is 8.97. The van der Waals surface area contributed by atoms with Gasteiger partial charge in [0.05, 0.1) is 30.2 Å². The van der Waals surface area contributed by atoms with Crippen LogP contribution in [0.1, 0.15) is 24.4 Å². The molecule has 4 heterocycles. The SMILES string of the molecule is CN1CCC(n2cc(-c3ccc(-c4cccc(Cn5nc(-c6cc(F)cc(F)c6)ccc5=O)c4)nc3)cn2)CC1. The van der Waals surface area contributed by atoms with E-state index >= 15 is 0 Å². The van der Waals surface area contributed by atoms with Crippen LogP contribution in [0, 0.1) is 11.6 Å². The van der Waals surface area contributed by atoms with Crippen molar-refractivity contribution in [3.63, 3.8) is 0 Å². The van der Waals surface area contributed by atoms with Gasteiger partial charge < -0.3 is 4.90 Å². The van der Waals surface area contributed by atoms with Crippen molar-refractivity contribution in [3.05, 3.63) is 113 Å². The molecule has 0 saturated carbocycles. The lowest BCUT2D eigenvalue weighted by molar-refractivity contribution is 0.212. The van der Waals surface area contributed by atoms with Gasteiger partial charge in [0.1, 0.15) is 11.6 Å². The van der Waals surface area contributed by atoms with Gasteiger partial charge in [0, 0.05) is 46.8 Å². The summed E-state index contributed by atoms with van der Waals surface area (Å²) in [5.74, 6) is -1.40. The lowest BCUT2D eigenvalue weighted by Gasteiger charge is -2.28.